The fourth-order valence-electron chi connectivity index (χ4n) is 3.98. The van der Waals surface area contributed by atoms with Crippen molar-refractivity contribution in [3.63, 3.8) is 0 Å². The second-order valence-electron chi connectivity index (χ2n) is 8.75. The van der Waals surface area contributed by atoms with Crippen molar-refractivity contribution in [3.05, 3.63) is 75.5 Å². The van der Waals surface area contributed by atoms with Gasteiger partial charge in [0.2, 0.25) is 0 Å². The molecule has 11 heteroatoms. The first-order valence-corrected chi connectivity index (χ1v) is 11.3. The molecule has 0 N–H and O–H groups in total. The summed E-state index contributed by atoms with van der Waals surface area (Å²) in [5.74, 6) is -0.598. The van der Waals surface area contributed by atoms with E-state index in [4.69, 9.17) is 17.5 Å². The standard InChI is InChI=1S/C25H24F3N5O2S/c1-7-16-10-20(34)31-13-18(9-14(3)21(31)30-16)33-23(36)32(22(35)24(33,5)6)17(8-2)11-19(15(4)12-29)25(26,27)28/h8-11,13H,2,7H2,1,3-6H3/b17-11+,19-15-. The second kappa shape index (κ2) is 9.35. The van der Waals surface area contributed by atoms with Crippen LogP contribution in [0.2, 0.25) is 0 Å². The highest BCUT2D eigenvalue weighted by Gasteiger charge is 2.51. The van der Waals surface area contributed by atoms with Crippen LogP contribution in [0.3, 0.4) is 0 Å². The molecule has 0 aliphatic carbocycles. The first kappa shape index (κ1) is 26.8. The molecule has 1 aliphatic heterocycles. The maximum atomic E-state index is 13.6. The molecule has 1 saturated heterocycles. The third-order valence-electron chi connectivity index (χ3n) is 5.91. The summed E-state index contributed by atoms with van der Waals surface area (Å²) < 4.78 is 42.3. The largest absolute Gasteiger partial charge is 0.417 e. The molecule has 1 amide bonds. The van der Waals surface area contributed by atoms with Crippen molar-refractivity contribution < 1.29 is 18.0 Å². The van der Waals surface area contributed by atoms with Crippen molar-refractivity contribution in [1.29, 1.82) is 5.26 Å². The van der Waals surface area contributed by atoms with E-state index in [2.05, 4.69) is 11.6 Å². The monoisotopic (exact) mass is 515 g/mol. The van der Waals surface area contributed by atoms with Crippen LogP contribution in [0.4, 0.5) is 18.9 Å². The lowest BCUT2D eigenvalue weighted by Crippen LogP contribution is -2.44. The normalized spacial score (nSPS) is 16.9. The van der Waals surface area contributed by atoms with Crippen LogP contribution >= 0.6 is 12.2 Å². The van der Waals surface area contributed by atoms with Crippen molar-refractivity contribution >= 4 is 34.6 Å². The van der Waals surface area contributed by atoms with E-state index in [-0.39, 0.29) is 16.4 Å². The van der Waals surface area contributed by atoms with Gasteiger partial charge >= 0.3 is 6.18 Å². The Kier molecular flexibility index (Phi) is 6.97. The molecule has 7 nitrogen and oxygen atoms in total. The summed E-state index contributed by atoms with van der Waals surface area (Å²) in [5, 5.41) is 8.95. The quantitative estimate of drug-likeness (QED) is 0.325. The number of alkyl halides is 3. The Balaban J connectivity index is 2.21. The number of nitriles is 1. The van der Waals surface area contributed by atoms with Gasteiger partial charge in [-0.2, -0.15) is 18.4 Å². The van der Waals surface area contributed by atoms with Gasteiger partial charge in [0, 0.05) is 23.5 Å². The Bertz CT molecular complexity index is 1460. The maximum Gasteiger partial charge on any atom is 0.417 e. The minimum atomic E-state index is -4.84. The molecule has 3 rings (SSSR count). The summed E-state index contributed by atoms with van der Waals surface area (Å²) in [6, 6.07) is 4.63. The summed E-state index contributed by atoms with van der Waals surface area (Å²) in [7, 11) is 0. The molecule has 3 heterocycles. The number of halogens is 3. The molecular formula is C25H24F3N5O2S. The van der Waals surface area contributed by atoms with Crippen LogP contribution in [0, 0.1) is 18.3 Å². The highest BCUT2D eigenvalue weighted by Crippen LogP contribution is 2.38. The van der Waals surface area contributed by atoms with Crippen LogP contribution in [-0.4, -0.2) is 37.0 Å². The number of carbonyl (C=O) groups is 1. The molecule has 0 bridgehead atoms. The fourth-order valence-corrected chi connectivity index (χ4v) is 4.50. The number of aromatic nitrogens is 2. The van der Waals surface area contributed by atoms with E-state index in [0.717, 1.165) is 17.9 Å². The van der Waals surface area contributed by atoms with Gasteiger partial charge in [0.15, 0.2) is 5.11 Å². The molecule has 0 unspecified atom stereocenters. The number of allylic oxidation sites excluding steroid dienone is 4. The first-order valence-electron chi connectivity index (χ1n) is 10.9. The van der Waals surface area contributed by atoms with E-state index in [1.807, 2.05) is 6.92 Å². The van der Waals surface area contributed by atoms with Crippen molar-refractivity contribution in [1.82, 2.24) is 14.3 Å². The number of hydrogen-bond donors (Lipinski definition) is 0. The summed E-state index contributed by atoms with van der Waals surface area (Å²) in [4.78, 5) is 33.1. The number of carbonyl (C=O) groups excluding carboxylic acids is 1. The van der Waals surface area contributed by atoms with Crippen LogP contribution in [-0.2, 0) is 11.2 Å². The molecule has 188 valence electrons. The van der Waals surface area contributed by atoms with Gasteiger partial charge in [0.25, 0.3) is 11.5 Å². The highest BCUT2D eigenvalue weighted by atomic mass is 32.1. The zero-order valence-corrected chi connectivity index (χ0v) is 21.2. The maximum absolute atomic E-state index is 13.6. The molecule has 2 aromatic rings. The lowest BCUT2D eigenvalue weighted by Gasteiger charge is -2.30. The van der Waals surface area contributed by atoms with Crippen LogP contribution < -0.4 is 10.5 Å². The number of anilines is 1. The molecule has 0 radical (unpaired) electrons. The van der Waals surface area contributed by atoms with E-state index in [0.29, 0.717) is 35.1 Å². The molecule has 0 atom stereocenters. The highest BCUT2D eigenvalue weighted by molar-refractivity contribution is 7.80. The molecule has 1 aliphatic rings. The van der Waals surface area contributed by atoms with Gasteiger partial charge in [0.1, 0.15) is 11.2 Å². The van der Waals surface area contributed by atoms with Gasteiger partial charge < -0.3 is 4.90 Å². The van der Waals surface area contributed by atoms with Gasteiger partial charge in [-0.1, -0.05) is 13.5 Å². The molecule has 1 fully saturated rings. The van der Waals surface area contributed by atoms with E-state index in [1.165, 1.54) is 27.6 Å². The lowest BCUT2D eigenvalue weighted by atomic mass is 10.0. The molecule has 2 aromatic heterocycles. The molecule has 0 spiro atoms. The predicted molar refractivity (Wildman–Crippen MR) is 134 cm³/mol. The van der Waals surface area contributed by atoms with Crippen LogP contribution in [0.5, 0.6) is 0 Å². The summed E-state index contributed by atoms with van der Waals surface area (Å²) in [6.45, 7) is 11.4. The summed E-state index contributed by atoms with van der Waals surface area (Å²) >= 11 is 5.57. The van der Waals surface area contributed by atoms with E-state index in [1.54, 1.807) is 26.8 Å². The first-order chi connectivity index (χ1) is 16.7. The number of rotatable bonds is 5. The fraction of sp³-hybridized carbons (Fsp3) is 0.320. The summed E-state index contributed by atoms with van der Waals surface area (Å²) in [5.41, 5.74) is -1.51. The third kappa shape index (κ3) is 4.44. The van der Waals surface area contributed by atoms with Gasteiger partial charge in [-0.05, 0) is 70.1 Å². The van der Waals surface area contributed by atoms with Crippen LogP contribution in [0.15, 0.2) is 58.7 Å². The minimum absolute atomic E-state index is 0.0998. The van der Waals surface area contributed by atoms with Gasteiger partial charge in [-0.3, -0.25) is 18.9 Å². The zero-order chi connectivity index (χ0) is 27.2. The van der Waals surface area contributed by atoms with Crippen molar-refractivity contribution in [2.75, 3.05) is 4.90 Å². The Labute approximate surface area is 211 Å². The van der Waals surface area contributed by atoms with Crippen LogP contribution in [0.25, 0.3) is 5.65 Å². The Morgan fingerprint density at radius 3 is 2.47 bits per heavy atom. The van der Waals surface area contributed by atoms with Crippen LogP contribution in [0.1, 0.15) is 39.0 Å². The molecular weight excluding hydrogens is 491 g/mol. The zero-order valence-electron chi connectivity index (χ0n) is 20.4. The van der Waals surface area contributed by atoms with E-state index < -0.39 is 28.8 Å². The van der Waals surface area contributed by atoms with E-state index in [9.17, 15) is 22.8 Å². The molecule has 36 heavy (non-hydrogen) atoms. The number of aryl methyl sites for hydroxylation is 2. The Hall–Kier alpha value is -3.78. The number of hydrogen-bond acceptors (Lipinski definition) is 5. The Morgan fingerprint density at radius 1 is 1.31 bits per heavy atom. The van der Waals surface area contributed by atoms with Gasteiger partial charge in [-0.15, -0.1) is 0 Å². The third-order valence-corrected chi connectivity index (χ3v) is 6.27. The molecule has 0 aromatic carbocycles. The van der Waals surface area contributed by atoms with Crippen molar-refractivity contribution in [3.8, 4) is 6.07 Å². The average molecular weight is 516 g/mol. The van der Waals surface area contributed by atoms with E-state index >= 15 is 0 Å². The lowest BCUT2D eigenvalue weighted by molar-refractivity contribution is -0.128. The number of fused-ring (bicyclic) bond motifs is 1. The smallest absolute Gasteiger partial charge is 0.302 e. The van der Waals surface area contributed by atoms with Crippen molar-refractivity contribution in [2.24, 2.45) is 0 Å². The number of amides is 1. The summed E-state index contributed by atoms with van der Waals surface area (Å²) in [6.07, 6.45) is -1.00. The second-order valence-corrected chi connectivity index (χ2v) is 9.12. The SMILES string of the molecule is C=C/C(=C\C(=C(/C)C#N)C(F)(F)F)N1C(=O)C(C)(C)N(c2cc(C)c3nc(CC)cc(=O)n3c2)C1=S. The minimum Gasteiger partial charge on any atom is -0.302 e. The number of nitrogens with zero attached hydrogens (tertiary/aromatic N) is 5. The Morgan fingerprint density at radius 2 is 1.94 bits per heavy atom. The average Bonchev–Trinajstić information content (AvgIpc) is 2.97. The number of thiocarbonyl (C=S) groups is 1. The van der Waals surface area contributed by atoms with Gasteiger partial charge in [-0.25, -0.2) is 4.98 Å². The predicted octanol–water partition coefficient (Wildman–Crippen LogP) is 4.75. The number of pyridine rings is 1. The van der Waals surface area contributed by atoms with Crippen molar-refractivity contribution in [2.45, 2.75) is 52.8 Å². The van der Waals surface area contributed by atoms with Gasteiger partial charge in [0.05, 0.1) is 23.0 Å². The molecule has 0 saturated carbocycles. The topological polar surface area (TPSA) is 81.7 Å².